The van der Waals surface area contributed by atoms with Gasteiger partial charge in [0.25, 0.3) is 5.91 Å². The lowest BCUT2D eigenvalue weighted by molar-refractivity contribution is -0.163. The zero-order chi connectivity index (χ0) is 59.3. The maximum absolute atomic E-state index is 15.0. The van der Waals surface area contributed by atoms with E-state index in [9.17, 15) is 57.8 Å². The summed E-state index contributed by atoms with van der Waals surface area (Å²) < 4.78 is 17.2. The third-order valence-electron chi connectivity index (χ3n) is 15.4. The van der Waals surface area contributed by atoms with Crippen LogP contribution < -0.4 is 20.7 Å². The third kappa shape index (κ3) is 17.3. The highest BCUT2D eigenvalue weighted by molar-refractivity contribution is 6.35. The first-order valence-corrected chi connectivity index (χ1v) is 27.9. The molecule has 3 aliphatic heterocycles. The van der Waals surface area contributed by atoms with Gasteiger partial charge < -0.3 is 54.9 Å². The Balaban J connectivity index is 0.0000168. The van der Waals surface area contributed by atoms with Crippen molar-refractivity contribution in [2.45, 2.75) is 202 Å². The molecule has 0 saturated carbocycles. The molecule has 80 heavy (non-hydrogen) atoms. The minimum Gasteiger partial charge on any atom is -0.497 e. The van der Waals surface area contributed by atoms with Gasteiger partial charge in [-0.15, -0.1) is 0 Å². The molecule has 0 bridgehead atoms. The average Bonchev–Trinajstić information content (AvgIpc) is 4.10. The van der Waals surface area contributed by atoms with Gasteiger partial charge in [0.2, 0.25) is 41.2 Å². The fraction of sp³-hybridized carbons (Fsp3) is 0.707. The fourth-order valence-electron chi connectivity index (χ4n) is 10.5. The maximum atomic E-state index is 15.0. The minimum absolute atomic E-state index is 0. The van der Waals surface area contributed by atoms with Gasteiger partial charge >= 0.3 is 11.9 Å². The summed E-state index contributed by atoms with van der Waals surface area (Å²) in [6, 6.07) is -2.32. The van der Waals surface area contributed by atoms with Gasteiger partial charge in [0.15, 0.2) is 11.9 Å². The van der Waals surface area contributed by atoms with Crippen LogP contribution in [0.4, 0.5) is 0 Å². The summed E-state index contributed by atoms with van der Waals surface area (Å²) in [4.78, 5) is 160. The number of cyclic esters (lactones) is 2. The van der Waals surface area contributed by atoms with Crippen molar-refractivity contribution in [3.8, 4) is 5.75 Å². The molecule has 3 aliphatic rings. The molecule has 4 N–H and O–H groups in total. The highest BCUT2D eigenvalue weighted by Gasteiger charge is 2.46. The molecule has 3 fully saturated rings. The molecule has 0 spiro atoms. The van der Waals surface area contributed by atoms with Crippen LogP contribution in [0, 0.1) is 29.6 Å². The molecule has 7 amide bonds. The van der Waals surface area contributed by atoms with Crippen LogP contribution >= 0.6 is 0 Å². The Morgan fingerprint density at radius 1 is 0.863 bits per heavy atom. The lowest BCUT2D eigenvalue weighted by atomic mass is 9.91. The molecular formula is C58H91N7O15. The van der Waals surface area contributed by atoms with E-state index in [4.69, 9.17) is 14.2 Å². The summed E-state index contributed by atoms with van der Waals surface area (Å²) in [5.74, 6) is -11.3. The number of ether oxygens (including phenoxy) is 3. The molecule has 0 aliphatic carbocycles. The van der Waals surface area contributed by atoms with Crippen LogP contribution in [0.25, 0.3) is 0 Å². The number of nitrogens with one attached hydrogen (secondary N) is 3. The molecule has 448 valence electrons. The number of rotatable bonds is 15. The van der Waals surface area contributed by atoms with Crippen molar-refractivity contribution in [3.63, 3.8) is 0 Å². The molecule has 1 unspecified atom stereocenters. The number of ketones is 2. The predicted molar refractivity (Wildman–Crippen MR) is 296 cm³/mol. The smallest absolute Gasteiger partial charge is 0.329 e. The Labute approximate surface area is 472 Å². The van der Waals surface area contributed by atoms with E-state index in [1.54, 1.807) is 52.0 Å². The summed E-state index contributed by atoms with van der Waals surface area (Å²) in [6.07, 6.45) is -3.76. The standard InChI is InChI=1S/C57H87N7O15.CH4/c1-15-33(8)46-44(66)29-45(67)79-49(32(6)7)48(68)34(9)50(69)58-39(26-30(2)3)54(73)64-25-17-19-41(64)56(75)62(13)43(28-37-20-22-38(77-14)23-21-37)57(76)78-36(11)47(52(71)59-46)60-51(70)42(27-31(4)5)61(12)55(74)40-18-16-24-63(40)53(72)35(10)65;/h20-23,30-34,36,39-44,46-47,49,66H,15-19,24-29H2,1-14H3,(H,58,69)(H,59,71)(H,60,70);1H4/t33-,34-,36+,39-,40?,41-,42+,43-,44-,46+,47-,49-;/m0./s1. The van der Waals surface area contributed by atoms with Gasteiger partial charge in [-0.25, -0.2) is 4.79 Å². The van der Waals surface area contributed by atoms with E-state index >= 15 is 0 Å². The van der Waals surface area contributed by atoms with Crippen molar-refractivity contribution in [2.24, 2.45) is 29.6 Å². The average molecular weight is 1130 g/mol. The number of aliphatic hydroxyl groups is 1. The van der Waals surface area contributed by atoms with E-state index in [0.717, 1.165) is 6.92 Å². The first kappa shape index (κ1) is 67.8. The Morgan fingerprint density at radius 3 is 2.05 bits per heavy atom. The second kappa shape index (κ2) is 30.4. The van der Waals surface area contributed by atoms with Gasteiger partial charge in [-0.05, 0) is 93.7 Å². The van der Waals surface area contributed by atoms with E-state index in [-0.39, 0.29) is 64.5 Å². The van der Waals surface area contributed by atoms with Crippen molar-refractivity contribution in [1.29, 1.82) is 0 Å². The highest BCUT2D eigenvalue weighted by atomic mass is 16.6. The normalized spacial score (nSPS) is 26.9. The quantitative estimate of drug-likeness (QED) is 0.112. The number of carbonyl (C=O) groups excluding carboxylic acids is 11. The number of carbonyl (C=O) groups is 11. The van der Waals surface area contributed by atoms with Crippen LogP contribution in [0.5, 0.6) is 5.75 Å². The number of likely N-dealkylation sites (tertiary alicyclic amines) is 1. The molecule has 0 radical (unpaired) electrons. The first-order valence-electron chi connectivity index (χ1n) is 27.9. The van der Waals surface area contributed by atoms with Gasteiger partial charge in [0, 0.05) is 40.5 Å². The summed E-state index contributed by atoms with van der Waals surface area (Å²) in [6.45, 7) is 18.1. The molecule has 22 heteroatoms. The van der Waals surface area contributed by atoms with E-state index in [1.165, 1.54) is 54.7 Å². The number of Topliss-reactive ketones (excluding diaryl/α,β-unsaturated/α-hetero) is 2. The number of methoxy groups -OCH3 is 1. The largest absolute Gasteiger partial charge is 0.497 e. The van der Waals surface area contributed by atoms with Crippen LogP contribution in [-0.4, -0.2) is 184 Å². The zero-order valence-electron chi connectivity index (χ0n) is 48.7. The molecule has 22 nitrogen and oxygen atoms in total. The van der Waals surface area contributed by atoms with E-state index < -0.39 is 150 Å². The molecule has 1 aromatic rings. The number of fused-ring (bicyclic) bond motifs is 1. The lowest BCUT2D eigenvalue weighted by Crippen LogP contribution is -2.62. The SMILES string of the molecule is C.CC[C@H](C)[C@H]1NC(=O)[C@@H](NC(=O)[C@@H](CC(C)C)N(C)C(=O)C2CCCN2C(=O)C(C)=O)[C@@H](C)OC(=O)[C@H](Cc2ccc(OC)cc2)N(C)C(=O)[C@@H]2CCCN2C(=O)[C@H](CC(C)C)NC(=O)[C@@H](C)C(=O)[C@H](C(C)C)OC(=O)C[C@@H]1O. The second-order valence-electron chi connectivity index (χ2n) is 22.8. The van der Waals surface area contributed by atoms with Crippen LogP contribution in [0.3, 0.4) is 0 Å². The number of hydrogen-bond donors (Lipinski definition) is 4. The van der Waals surface area contributed by atoms with Crippen molar-refractivity contribution < 1.29 is 72.1 Å². The van der Waals surface area contributed by atoms with Crippen molar-refractivity contribution in [2.75, 3.05) is 34.3 Å². The number of benzene rings is 1. The number of likely N-dealkylation sites (N-methyl/N-ethyl adjacent to an activating group) is 2. The zero-order valence-corrected chi connectivity index (χ0v) is 48.7. The van der Waals surface area contributed by atoms with E-state index in [0.29, 0.717) is 30.6 Å². The van der Waals surface area contributed by atoms with Crippen molar-refractivity contribution in [1.82, 2.24) is 35.6 Å². The lowest BCUT2D eigenvalue weighted by Gasteiger charge is -2.36. The third-order valence-corrected chi connectivity index (χ3v) is 15.4. The number of aliphatic hydroxyl groups excluding tert-OH is 1. The molecule has 12 atom stereocenters. The highest BCUT2D eigenvalue weighted by Crippen LogP contribution is 2.27. The Kier molecular flexibility index (Phi) is 25.8. The second-order valence-corrected chi connectivity index (χ2v) is 22.8. The molecular weight excluding hydrogens is 1030 g/mol. The van der Waals surface area contributed by atoms with E-state index in [2.05, 4.69) is 16.0 Å². The number of amides is 7. The Hall–Kier alpha value is -6.45. The van der Waals surface area contributed by atoms with Crippen molar-refractivity contribution >= 4 is 64.9 Å². The first-order chi connectivity index (χ1) is 37.0. The van der Waals surface area contributed by atoms with Gasteiger partial charge in [-0.1, -0.05) is 81.4 Å². The van der Waals surface area contributed by atoms with Crippen molar-refractivity contribution in [3.05, 3.63) is 29.8 Å². The van der Waals surface area contributed by atoms with Crippen LogP contribution in [-0.2, 0) is 68.6 Å². The van der Waals surface area contributed by atoms with Crippen LogP contribution in [0.1, 0.15) is 141 Å². The van der Waals surface area contributed by atoms with Crippen LogP contribution in [0.2, 0.25) is 0 Å². The van der Waals surface area contributed by atoms with Gasteiger partial charge in [0.05, 0.1) is 31.6 Å². The number of nitrogens with zero attached hydrogens (tertiary/aromatic N) is 4. The van der Waals surface area contributed by atoms with Crippen LogP contribution in [0.15, 0.2) is 24.3 Å². The number of esters is 2. The predicted octanol–water partition coefficient (Wildman–Crippen LogP) is 3.16. The molecule has 0 aromatic heterocycles. The molecule has 3 saturated heterocycles. The molecule has 1 aromatic carbocycles. The van der Waals surface area contributed by atoms with E-state index in [1.807, 2.05) is 27.7 Å². The van der Waals surface area contributed by atoms with Gasteiger partial charge in [0.1, 0.15) is 48.1 Å². The minimum atomic E-state index is -1.78. The molecule has 4 rings (SSSR count). The maximum Gasteiger partial charge on any atom is 0.329 e. The Bertz CT molecular complexity index is 2380. The monoisotopic (exact) mass is 1130 g/mol. The summed E-state index contributed by atoms with van der Waals surface area (Å²) in [5, 5.41) is 20.1. The Morgan fingerprint density at radius 2 is 1.49 bits per heavy atom. The number of hydrogen-bond acceptors (Lipinski definition) is 15. The summed E-state index contributed by atoms with van der Waals surface area (Å²) >= 11 is 0. The van der Waals surface area contributed by atoms with Gasteiger partial charge in [-0.3, -0.25) is 47.9 Å². The summed E-state index contributed by atoms with van der Waals surface area (Å²) in [5.41, 5.74) is 0.566. The molecule has 3 heterocycles. The fourth-order valence-corrected chi connectivity index (χ4v) is 10.5. The van der Waals surface area contributed by atoms with Gasteiger partial charge in [-0.2, -0.15) is 0 Å². The summed E-state index contributed by atoms with van der Waals surface area (Å²) in [7, 11) is 4.26. The topological polar surface area (TPSA) is 285 Å².